The summed E-state index contributed by atoms with van der Waals surface area (Å²) in [4.78, 5) is 37.4. The Kier molecular flexibility index (Phi) is 4.18. The molecule has 0 radical (unpaired) electrons. The number of ether oxygens (including phenoxy) is 1. The molecule has 108 valence electrons. The number of ketones is 1. The van der Waals surface area contributed by atoms with Crippen LogP contribution in [0.4, 0.5) is 5.69 Å². The molecule has 0 saturated heterocycles. The molecule has 0 bridgehead atoms. The molecule has 1 amide bonds. The van der Waals surface area contributed by atoms with Crippen LogP contribution in [0, 0.1) is 0 Å². The van der Waals surface area contributed by atoms with Crippen LogP contribution in [-0.4, -0.2) is 23.8 Å². The summed E-state index contributed by atoms with van der Waals surface area (Å²) in [5, 5.41) is 2.63. The Morgan fingerprint density at radius 1 is 1.19 bits per heavy atom. The number of nitrogens with one attached hydrogen (secondary N) is 2. The molecule has 1 heterocycles. The second-order valence-electron chi connectivity index (χ2n) is 4.37. The number of aromatic amines is 1. The minimum absolute atomic E-state index is 0.0487. The van der Waals surface area contributed by atoms with E-state index in [0.29, 0.717) is 11.3 Å². The summed E-state index contributed by atoms with van der Waals surface area (Å²) >= 11 is 0. The second kappa shape index (κ2) is 6.04. The van der Waals surface area contributed by atoms with Crippen molar-refractivity contribution in [2.45, 2.75) is 6.92 Å². The number of anilines is 1. The molecule has 6 heteroatoms. The molecule has 21 heavy (non-hydrogen) atoms. The van der Waals surface area contributed by atoms with Gasteiger partial charge < -0.3 is 15.0 Å². The maximum absolute atomic E-state index is 12.0. The smallest absolute Gasteiger partial charge is 0.272 e. The number of methoxy groups -OCH3 is 1. The van der Waals surface area contributed by atoms with Crippen LogP contribution in [0.2, 0.25) is 0 Å². The van der Waals surface area contributed by atoms with Crippen molar-refractivity contribution in [1.82, 2.24) is 4.98 Å². The average molecular weight is 286 g/mol. The lowest BCUT2D eigenvalue weighted by atomic mass is 10.1. The van der Waals surface area contributed by atoms with Crippen molar-refractivity contribution in [2.75, 3.05) is 12.4 Å². The van der Waals surface area contributed by atoms with Crippen LogP contribution in [0.1, 0.15) is 27.8 Å². The maximum atomic E-state index is 12.0. The van der Waals surface area contributed by atoms with Gasteiger partial charge in [0, 0.05) is 23.5 Å². The Balaban J connectivity index is 2.16. The van der Waals surface area contributed by atoms with Crippen LogP contribution in [0.3, 0.4) is 0 Å². The number of aromatic nitrogens is 1. The molecule has 0 aliphatic rings. The van der Waals surface area contributed by atoms with Crippen molar-refractivity contribution in [3.63, 3.8) is 0 Å². The van der Waals surface area contributed by atoms with Gasteiger partial charge in [0.15, 0.2) is 11.5 Å². The van der Waals surface area contributed by atoms with Crippen LogP contribution in [0.5, 0.6) is 5.75 Å². The largest absolute Gasteiger partial charge is 0.491 e. The second-order valence-corrected chi connectivity index (χ2v) is 4.37. The number of Topliss-reactive ketones (excluding diaryl/α,β-unsaturated/α-hetero) is 1. The lowest BCUT2D eigenvalue weighted by molar-refractivity contribution is 0.101. The summed E-state index contributed by atoms with van der Waals surface area (Å²) in [7, 11) is 1.38. The van der Waals surface area contributed by atoms with Gasteiger partial charge in [-0.1, -0.05) is 0 Å². The molecule has 0 aliphatic carbocycles. The highest BCUT2D eigenvalue weighted by Crippen LogP contribution is 2.11. The SMILES string of the molecule is COc1c[nH]c(C(=O)Nc2ccc(C(C)=O)cc2)cc1=O. The van der Waals surface area contributed by atoms with Gasteiger partial charge >= 0.3 is 0 Å². The van der Waals surface area contributed by atoms with E-state index in [1.54, 1.807) is 24.3 Å². The fourth-order valence-electron chi connectivity index (χ4n) is 1.74. The molecule has 2 rings (SSSR count). The first-order chi connectivity index (χ1) is 10.0. The molecule has 0 fully saturated rings. The van der Waals surface area contributed by atoms with Gasteiger partial charge in [-0.2, -0.15) is 0 Å². The first kappa shape index (κ1) is 14.5. The number of rotatable bonds is 4. The summed E-state index contributed by atoms with van der Waals surface area (Å²) < 4.78 is 4.83. The zero-order chi connectivity index (χ0) is 15.4. The van der Waals surface area contributed by atoms with Gasteiger partial charge in [-0.05, 0) is 31.2 Å². The number of H-pyrrole nitrogens is 1. The maximum Gasteiger partial charge on any atom is 0.272 e. The molecule has 1 aromatic heterocycles. The van der Waals surface area contributed by atoms with Gasteiger partial charge in [0.2, 0.25) is 5.43 Å². The lowest BCUT2D eigenvalue weighted by Gasteiger charge is -2.06. The van der Waals surface area contributed by atoms with Gasteiger partial charge in [0.25, 0.3) is 5.91 Å². The average Bonchev–Trinajstić information content (AvgIpc) is 2.47. The predicted octanol–water partition coefficient (Wildman–Crippen LogP) is 1.84. The number of amides is 1. The summed E-state index contributed by atoms with van der Waals surface area (Å²) in [6.07, 6.45) is 1.33. The third kappa shape index (κ3) is 3.36. The summed E-state index contributed by atoms with van der Waals surface area (Å²) in [6, 6.07) is 7.65. The van der Waals surface area contributed by atoms with Crippen LogP contribution in [0.25, 0.3) is 0 Å². The monoisotopic (exact) mass is 286 g/mol. The molecule has 0 spiro atoms. The Hall–Kier alpha value is -2.89. The standard InChI is InChI=1S/C15H14N2O4/c1-9(18)10-3-5-11(6-4-10)17-15(20)12-7-13(19)14(21-2)8-16-12/h3-8H,1-2H3,(H,16,19)(H,17,20). The minimum Gasteiger partial charge on any atom is -0.491 e. The number of carbonyl (C=O) groups excluding carboxylic acids is 2. The molecule has 2 N–H and O–H groups in total. The summed E-state index contributed by atoms with van der Waals surface area (Å²) in [5.74, 6) is -0.366. The molecule has 0 saturated carbocycles. The molecule has 0 aliphatic heterocycles. The number of benzene rings is 1. The van der Waals surface area contributed by atoms with E-state index in [9.17, 15) is 14.4 Å². The van der Waals surface area contributed by atoms with Gasteiger partial charge in [0.05, 0.1) is 7.11 Å². The van der Waals surface area contributed by atoms with Gasteiger partial charge in [0.1, 0.15) is 5.69 Å². The third-order valence-electron chi connectivity index (χ3n) is 2.89. The third-order valence-corrected chi connectivity index (χ3v) is 2.89. The highest BCUT2D eigenvalue weighted by Gasteiger charge is 2.09. The topological polar surface area (TPSA) is 88.3 Å². The first-order valence-corrected chi connectivity index (χ1v) is 6.20. The molecular weight excluding hydrogens is 272 g/mol. The summed E-state index contributed by atoms with van der Waals surface area (Å²) in [5.41, 5.74) is 0.831. The van der Waals surface area contributed by atoms with Crippen molar-refractivity contribution < 1.29 is 14.3 Å². The van der Waals surface area contributed by atoms with Crippen LogP contribution < -0.4 is 15.5 Å². The zero-order valence-electron chi connectivity index (χ0n) is 11.6. The van der Waals surface area contributed by atoms with Crippen LogP contribution in [-0.2, 0) is 0 Å². The molecule has 0 unspecified atom stereocenters. The normalized spacial score (nSPS) is 10.0. The molecule has 1 aromatic carbocycles. The fraction of sp³-hybridized carbons (Fsp3) is 0.133. The van der Waals surface area contributed by atoms with Crippen molar-refractivity contribution in [3.8, 4) is 5.75 Å². The quantitative estimate of drug-likeness (QED) is 0.839. The molecule has 6 nitrogen and oxygen atoms in total. The van der Waals surface area contributed by atoms with E-state index in [1.165, 1.54) is 20.2 Å². The summed E-state index contributed by atoms with van der Waals surface area (Å²) in [6.45, 7) is 1.47. The zero-order valence-corrected chi connectivity index (χ0v) is 11.6. The number of carbonyl (C=O) groups is 2. The Bertz CT molecular complexity index is 732. The van der Waals surface area contributed by atoms with E-state index < -0.39 is 5.91 Å². The van der Waals surface area contributed by atoms with E-state index in [1.807, 2.05) is 0 Å². The highest BCUT2D eigenvalue weighted by atomic mass is 16.5. The molecule has 0 atom stereocenters. The molecule has 2 aromatic rings. The minimum atomic E-state index is -0.453. The lowest BCUT2D eigenvalue weighted by Crippen LogP contribution is -2.17. The van der Waals surface area contributed by atoms with Gasteiger partial charge in [-0.25, -0.2) is 0 Å². The first-order valence-electron chi connectivity index (χ1n) is 6.20. The predicted molar refractivity (Wildman–Crippen MR) is 78.0 cm³/mol. The van der Waals surface area contributed by atoms with Crippen molar-refractivity contribution in [2.24, 2.45) is 0 Å². The number of hydrogen-bond acceptors (Lipinski definition) is 4. The fourth-order valence-corrected chi connectivity index (χ4v) is 1.74. The number of hydrogen-bond donors (Lipinski definition) is 2. The van der Waals surface area contributed by atoms with E-state index >= 15 is 0 Å². The van der Waals surface area contributed by atoms with Crippen LogP contribution >= 0.6 is 0 Å². The van der Waals surface area contributed by atoms with Crippen LogP contribution in [0.15, 0.2) is 41.3 Å². The van der Waals surface area contributed by atoms with Gasteiger partial charge in [-0.3, -0.25) is 14.4 Å². The Labute approximate surface area is 120 Å². The Morgan fingerprint density at radius 2 is 1.86 bits per heavy atom. The van der Waals surface area contributed by atoms with Crippen molar-refractivity contribution in [3.05, 3.63) is 58.0 Å². The Morgan fingerprint density at radius 3 is 2.38 bits per heavy atom. The van der Waals surface area contributed by atoms with E-state index in [2.05, 4.69) is 10.3 Å². The van der Waals surface area contributed by atoms with Gasteiger partial charge in [-0.15, -0.1) is 0 Å². The molecular formula is C15H14N2O4. The van der Waals surface area contributed by atoms with E-state index in [-0.39, 0.29) is 22.7 Å². The van der Waals surface area contributed by atoms with Crippen molar-refractivity contribution >= 4 is 17.4 Å². The van der Waals surface area contributed by atoms with E-state index in [0.717, 1.165) is 6.07 Å². The number of pyridine rings is 1. The van der Waals surface area contributed by atoms with E-state index in [4.69, 9.17) is 4.74 Å². The highest BCUT2D eigenvalue weighted by molar-refractivity contribution is 6.03. The van der Waals surface area contributed by atoms with Crippen molar-refractivity contribution in [1.29, 1.82) is 0 Å².